The zero-order valence-electron chi connectivity index (χ0n) is 13.2. The summed E-state index contributed by atoms with van der Waals surface area (Å²) in [6.45, 7) is 7.27. The number of hydrogen-bond acceptors (Lipinski definition) is 2. The predicted molar refractivity (Wildman–Crippen MR) is 104 cm³/mol. The maximum Gasteiger partial charge on any atom is 0.279 e. The van der Waals surface area contributed by atoms with E-state index in [1.807, 2.05) is 25.1 Å². The minimum Gasteiger partial charge on any atom is -0.319 e. The highest BCUT2D eigenvalue weighted by Gasteiger charge is 2.17. The minimum absolute atomic E-state index is 0.149. The fourth-order valence-electron chi connectivity index (χ4n) is 2.29. The van der Waals surface area contributed by atoms with Crippen molar-refractivity contribution in [3.05, 3.63) is 61.7 Å². The number of benzene rings is 1. The predicted octanol–water partition coefficient (Wildman–Crippen LogP) is 4.23. The number of anilines is 1. The third-order valence-electron chi connectivity index (χ3n) is 3.45. The summed E-state index contributed by atoms with van der Waals surface area (Å²) in [4.78, 5) is 14.6. The molecule has 0 saturated carbocycles. The highest BCUT2D eigenvalue weighted by molar-refractivity contribution is 7.16. The number of carbonyl (C=O) groups excluding carboxylic acids is 1. The van der Waals surface area contributed by atoms with Gasteiger partial charge in [0.25, 0.3) is 5.91 Å². The third-order valence-corrected chi connectivity index (χ3v) is 5.48. The lowest BCUT2D eigenvalue weighted by Gasteiger charge is -2.17. The molecule has 0 bridgehead atoms. The lowest BCUT2D eigenvalue weighted by molar-refractivity contribution is -0.899. The molecule has 1 atom stereocenters. The van der Waals surface area contributed by atoms with Crippen molar-refractivity contribution in [1.29, 1.82) is 0 Å². The second kappa shape index (κ2) is 8.88. The van der Waals surface area contributed by atoms with Crippen LogP contribution in [0.2, 0.25) is 14.4 Å². The molecule has 1 amide bonds. The zero-order valence-corrected chi connectivity index (χ0v) is 16.2. The first-order valence-corrected chi connectivity index (χ1v) is 9.29. The standard InChI is InChI=1S/C17H17Cl3N2OS/c1-3-8-22(9-12-5-7-14(19)24-12)10-15(23)21-17-13(18)6-4-11(2)16(17)20/h3-7H,1,8-10H2,2H3,(H,21,23)/p+1. The van der Waals surface area contributed by atoms with E-state index in [0.29, 0.717) is 28.8 Å². The van der Waals surface area contributed by atoms with Gasteiger partial charge >= 0.3 is 0 Å². The molecule has 1 heterocycles. The number of nitrogens with one attached hydrogen (secondary N) is 2. The van der Waals surface area contributed by atoms with Crippen LogP contribution in [0.25, 0.3) is 0 Å². The minimum atomic E-state index is -0.149. The van der Waals surface area contributed by atoms with Gasteiger partial charge in [-0.1, -0.05) is 47.4 Å². The van der Waals surface area contributed by atoms with Gasteiger partial charge in [0.2, 0.25) is 0 Å². The van der Waals surface area contributed by atoms with E-state index in [0.717, 1.165) is 19.7 Å². The summed E-state index contributed by atoms with van der Waals surface area (Å²) < 4.78 is 0.741. The first-order chi connectivity index (χ1) is 11.4. The molecular weight excluding hydrogens is 387 g/mol. The molecule has 1 aromatic heterocycles. The second-order valence-corrected chi connectivity index (χ2v) is 7.99. The van der Waals surface area contributed by atoms with Crippen molar-refractivity contribution < 1.29 is 9.69 Å². The van der Waals surface area contributed by atoms with Crippen LogP contribution in [0.4, 0.5) is 5.69 Å². The van der Waals surface area contributed by atoms with Gasteiger partial charge in [0, 0.05) is 0 Å². The van der Waals surface area contributed by atoms with E-state index in [2.05, 4.69) is 11.9 Å². The third kappa shape index (κ3) is 5.23. The Labute approximate surface area is 160 Å². The molecule has 0 spiro atoms. The summed E-state index contributed by atoms with van der Waals surface area (Å²) in [5.74, 6) is -0.149. The van der Waals surface area contributed by atoms with Crippen LogP contribution in [0.3, 0.4) is 0 Å². The molecule has 2 rings (SSSR count). The molecule has 7 heteroatoms. The molecule has 2 N–H and O–H groups in total. The van der Waals surface area contributed by atoms with Crippen molar-refractivity contribution in [3.8, 4) is 0 Å². The highest BCUT2D eigenvalue weighted by atomic mass is 35.5. The van der Waals surface area contributed by atoms with Crippen LogP contribution >= 0.6 is 46.1 Å². The maximum atomic E-state index is 12.4. The number of hydrogen-bond donors (Lipinski definition) is 2. The van der Waals surface area contributed by atoms with Gasteiger partial charge in [-0.15, -0.1) is 11.3 Å². The van der Waals surface area contributed by atoms with Crippen molar-refractivity contribution >= 4 is 57.7 Å². The molecule has 1 aromatic carbocycles. The van der Waals surface area contributed by atoms with E-state index < -0.39 is 0 Å². The molecule has 0 saturated heterocycles. The van der Waals surface area contributed by atoms with E-state index in [4.69, 9.17) is 34.8 Å². The normalized spacial score (nSPS) is 12.0. The fourth-order valence-corrected chi connectivity index (χ4v) is 3.91. The van der Waals surface area contributed by atoms with Crippen LogP contribution in [0.1, 0.15) is 10.4 Å². The number of carbonyl (C=O) groups is 1. The molecule has 0 radical (unpaired) electrons. The van der Waals surface area contributed by atoms with Crippen molar-refractivity contribution in [3.63, 3.8) is 0 Å². The first-order valence-electron chi connectivity index (χ1n) is 7.33. The Kier molecular flexibility index (Phi) is 7.14. The lowest BCUT2D eigenvalue weighted by atomic mass is 10.2. The summed E-state index contributed by atoms with van der Waals surface area (Å²) in [5.41, 5.74) is 1.32. The van der Waals surface area contributed by atoms with Gasteiger partial charge in [-0.3, -0.25) is 4.79 Å². The van der Waals surface area contributed by atoms with Crippen LogP contribution in [0.5, 0.6) is 0 Å². The summed E-state index contributed by atoms with van der Waals surface area (Å²) in [6.07, 6.45) is 1.80. The Balaban J connectivity index is 2.05. The van der Waals surface area contributed by atoms with E-state index in [9.17, 15) is 4.79 Å². The number of amides is 1. The van der Waals surface area contributed by atoms with Crippen molar-refractivity contribution in [1.82, 2.24) is 0 Å². The van der Waals surface area contributed by atoms with Gasteiger partial charge in [0.05, 0.1) is 31.5 Å². The molecular formula is C17H18Cl3N2OS+. The molecule has 0 aliphatic heterocycles. The smallest absolute Gasteiger partial charge is 0.279 e. The van der Waals surface area contributed by atoms with E-state index in [1.165, 1.54) is 11.3 Å². The van der Waals surface area contributed by atoms with Crippen molar-refractivity contribution in [2.24, 2.45) is 0 Å². The van der Waals surface area contributed by atoms with Crippen LogP contribution < -0.4 is 10.2 Å². The molecule has 2 aromatic rings. The van der Waals surface area contributed by atoms with Crippen molar-refractivity contribution in [2.75, 3.05) is 18.4 Å². The molecule has 1 unspecified atom stereocenters. The average molecular weight is 405 g/mol. The topological polar surface area (TPSA) is 33.5 Å². The summed E-state index contributed by atoms with van der Waals surface area (Å²) in [5, 5.41) is 3.71. The number of halogens is 3. The van der Waals surface area contributed by atoms with Gasteiger partial charge in [-0.05, 0) is 36.8 Å². The monoisotopic (exact) mass is 403 g/mol. The molecule has 3 nitrogen and oxygen atoms in total. The Morgan fingerprint density at radius 2 is 2.04 bits per heavy atom. The molecule has 128 valence electrons. The number of rotatable bonds is 7. The largest absolute Gasteiger partial charge is 0.319 e. The summed E-state index contributed by atoms with van der Waals surface area (Å²) >= 11 is 19.9. The molecule has 24 heavy (non-hydrogen) atoms. The summed E-state index contributed by atoms with van der Waals surface area (Å²) in [7, 11) is 0. The average Bonchev–Trinajstić information content (AvgIpc) is 2.93. The Hall–Kier alpha value is -1.04. The highest BCUT2D eigenvalue weighted by Crippen LogP contribution is 2.32. The maximum absolute atomic E-state index is 12.4. The molecule has 0 aliphatic rings. The van der Waals surface area contributed by atoms with Crippen LogP contribution in [0.15, 0.2) is 36.9 Å². The van der Waals surface area contributed by atoms with Crippen LogP contribution in [-0.2, 0) is 11.3 Å². The van der Waals surface area contributed by atoms with Crippen LogP contribution in [0, 0.1) is 6.92 Å². The van der Waals surface area contributed by atoms with E-state index in [1.54, 1.807) is 12.1 Å². The first kappa shape index (κ1) is 19.3. The van der Waals surface area contributed by atoms with E-state index >= 15 is 0 Å². The van der Waals surface area contributed by atoms with Gasteiger partial charge in [-0.25, -0.2) is 0 Å². The quantitative estimate of drug-likeness (QED) is 0.665. The van der Waals surface area contributed by atoms with Gasteiger partial charge < -0.3 is 10.2 Å². The SMILES string of the molecule is C=CC[NH+](CC(=O)Nc1c(Cl)ccc(C)c1Cl)Cc1ccc(Cl)s1. The zero-order chi connectivity index (χ0) is 17.7. The van der Waals surface area contributed by atoms with Gasteiger partial charge in [0.1, 0.15) is 6.54 Å². The van der Waals surface area contributed by atoms with E-state index in [-0.39, 0.29) is 12.5 Å². The molecule has 0 aliphatic carbocycles. The Bertz CT molecular complexity index is 745. The van der Waals surface area contributed by atoms with Gasteiger partial charge in [-0.2, -0.15) is 0 Å². The molecule has 0 fully saturated rings. The fraction of sp³-hybridized carbons (Fsp3) is 0.235. The Morgan fingerprint density at radius 1 is 1.29 bits per heavy atom. The lowest BCUT2D eigenvalue weighted by Crippen LogP contribution is -3.11. The second-order valence-electron chi connectivity index (χ2n) is 5.40. The van der Waals surface area contributed by atoms with Crippen molar-refractivity contribution in [2.45, 2.75) is 13.5 Å². The number of quaternary nitrogens is 1. The van der Waals surface area contributed by atoms with Gasteiger partial charge in [0.15, 0.2) is 6.54 Å². The Morgan fingerprint density at radius 3 is 2.67 bits per heavy atom. The summed E-state index contributed by atoms with van der Waals surface area (Å²) in [6, 6.07) is 7.37. The van der Waals surface area contributed by atoms with Crippen LogP contribution in [-0.4, -0.2) is 19.0 Å². The number of aryl methyl sites for hydroxylation is 1. The number of thiophene rings is 1.